The lowest BCUT2D eigenvalue weighted by Gasteiger charge is -2.25. The Labute approximate surface area is 274 Å². The predicted octanol–water partition coefficient (Wildman–Crippen LogP) is 2.96. The van der Waals surface area contributed by atoms with Crippen LogP contribution in [0.2, 0.25) is 0 Å². The van der Waals surface area contributed by atoms with Crippen molar-refractivity contribution in [2.45, 2.75) is 77.8 Å². The van der Waals surface area contributed by atoms with Crippen LogP contribution in [0.15, 0.2) is 40.2 Å². The standard InChI is InChI=1S/C17H20FN3O3.C16H19FN4O3/c1-3-20-8-12(17(23)24)16(22)11-5-13(18)15(6-14(11)20)21-7-10(19)4-9(21)2;1-3-20-7-11(16(23)24)13(22)10-5-12(17)15(19-14(10)20)21-6-9(18)4-8(21)2/h5-6,8-10H,3-4,7,19H2,1-2H3,(H,23,24);5,7-9H,3-4,6,18H2,1-2H3,(H,23,24). The van der Waals surface area contributed by atoms with Crippen LogP contribution >= 0.6 is 0 Å². The highest BCUT2D eigenvalue weighted by atomic mass is 19.1. The van der Waals surface area contributed by atoms with E-state index < -0.39 is 40.0 Å². The van der Waals surface area contributed by atoms with E-state index in [-0.39, 0.29) is 52.0 Å². The molecule has 4 aromatic rings. The van der Waals surface area contributed by atoms with Crippen molar-refractivity contribution in [3.63, 3.8) is 0 Å². The van der Waals surface area contributed by atoms with E-state index in [9.17, 15) is 33.1 Å². The molecule has 13 nitrogen and oxygen atoms in total. The molecule has 2 fully saturated rings. The van der Waals surface area contributed by atoms with Crippen molar-refractivity contribution in [2.75, 3.05) is 22.9 Å². The van der Waals surface area contributed by atoms with Gasteiger partial charge in [-0.3, -0.25) is 9.59 Å². The summed E-state index contributed by atoms with van der Waals surface area (Å²) in [5, 5.41) is 18.4. The molecule has 2 saturated heterocycles. The molecule has 0 radical (unpaired) electrons. The molecule has 256 valence electrons. The Morgan fingerprint density at radius 1 is 0.812 bits per heavy atom. The van der Waals surface area contributed by atoms with Crippen molar-refractivity contribution in [2.24, 2.45) is 11.5 Å². The van der Waals surface area contributed by atoms with Gasteiger partial charge >= 0.3 is 11.9 Å². The average molecular weight is 668 g/mol. The van der Waals surface area contributed by atoms with Crippen LogP contribution in [0.5, 0.6) is 0 Å². The van der Waals surface area contributed by atoms with Crippen molar-refractivity contribution < 1.29 is 28.6 Å². The van der Waals surface area contributed by atoms with Gasteiger partial charge in [0.15, 0.2) is 11.6 Å². The average Bonchev–Trinajstić information content (AvgIpc) is 3.55. The molecule has 6 N–H and O–H groups in total. The van der Waals surface area contributed by atoms with E-state index in [4.69, 9.17) is 16.6 Å². The van der Waals surface area contributed by atoms with Crippen molar-refractivity contribution in [1.82, 2.24) is 14.1 Å². The molecular weight excluding hydrogens is 628 g/mol. The zero-order valence-corrected chi connectivity index (χ0v) is 27.1. The number of fused-ring (bicyclic) bond motifs is 2. The first-order valence-corrected chi connectivity index (χ1v) is 15.8. The first kappa shape index (κ1) is 34.4. The largest absolute Gasteiger partial charge is 0.477 e. The minimum Gasteiger partial charge on any atom is -0.477 e. The number of hydrogen-bond donors (Lipinski definition) is 4. The predicted molar refractivity (Wildman–Crippen MR) is 178 cm³/mol. The summed E-state index contributed by atoms with van der Waals surface area (Å²) in [6.45, 7) is 9.48. The highest BCUT2D eigenvalue weighted by Crippen LogP contribution is 2.31. The number of aryl methyl sites for hydroxylation is 2. The van der Waals surface area contributed by atoms with E-state index in [2.05, 4.69) is 4.98 Å². The minimum absolute atomic E-state index is 0.0159. The van der Waals surface area contributed by atoms with Gasteiger partial charge in [-0.25, -0.2) is 23.4 Å². The summed E-state index contributed by atoms with van der Waals surface area (Å²) < 4.78 is 32.4. The Balaban J connectivity index is 0.000000188. The Hall–Kier alpha value is -4.89. The van der Waals surface area contributed by atoms with Gasteiger partial charge in [-0.2, -0.15) is 0 Å². The lowest BCUT2D eigenvalue weighted by Crippen LogP contribution is -2.31. The van der Waals surface area contributed by atoms with Crippen LogP contribution in [0.25, 0.3) is 21.9 Å². The Bertz CT molecular complexity index is 1900. The van der Waals surface area contributed by atoms with Crippen molar-refractivity contribution >= 4 is 45.4 Å². The van der Waals surface area contributed by atoms with Crippen LogP contribution in [0.3, 0.4) is 0 Å². The second-order valence-corrected chi connectivity index (χ2v) is 12.4. The summed E-state index contributed by atoms with van der Waals surface area (Å²) in [6, 6.07) is 3.91. The maximum atomic E-state index is 14.6. The smallest absolute Gasteiger partial charge is 0.341 e. The molecule has 2 aliphatic rings. The van der Waals surface area contributed by atoms with Gasteiger partial charge in [0, 0.05) is 68.1 Å². The quantitative estimate of drug-likeness (QED) is 0.237. The van der Waals surface area contributed by atoms with Crippen LogP contribution < -0.4 is 32.1 Å². The highest BCUT2D eigenvalue weighted by molar-refractivity contribution is 5.94. The van der Waals surface area contributed by atoms with Gasteiger partial charge in [-0.05, 0) is 58.7 Å². The zero-order chi connectivity index (χ0) is 35.2. The molecule has 0 amide bonds. The van der Waals surface area contributed by atoms with Gasteiger partial charge in [0.1, 0.15) is 22.6 Å². The van der Waals surface area contributed by atoms with E-state index in [1.54, 1.807) is 27.0 Å². The van der Waals surface area contributed by atoms with Crippen LogP contribution in [0, 0.1) is 11.6 Å². The number of pyridine rings is 3. The van der Waals surface area contributed by atoms with Crippen LogP contribution in [0.1, 0.15) is 61.3 Å². The molecule has 6 rings (SSSR count). The van der Waals surface area contributed by atoms with E-state index in [1.165, 1.54) is 12.4 Å². The molecule has 1 aromatic carbocycles. The lowest BCUT2D eigenvalue weighted by atomic mass is 10.1. The van der Waals surface area contributed by atoms with Gasteiger partial charge in [-0.15, -0.1) is 0 Å². The fourth-order valence-electron chi connectivity index (χ4n) is 6.68. The Morgan fingerprint density at radius 2 is 1.31 bits per heavy atom. The second kappa shape index (κ2) is 13.3. The number of rotatable bonds is 6. The molecular formula is C33H39F2N7O6. The molecule has 48 heavy (non-hydrogen) atoms. The zero-order valence-electron chi connectivity index (χ0n) is 27.1. The maximum Gasteiger partial charge on any atom is 0.341 e. The maximum absolute atomic E-state index is 14.6. The van der Waals surface area contributed by atoms with Gasteiger partial charge in [0.05, 0.1) is 16.6 Å². The summed E-state index contributed by atoms with van der Waals surface area (Å²) in [5.41, 5.74) is 11.0. The molecule has 0 bridgehead atoms. The number of anilines is 2. The first-order valence-electron chi connectivity index (χ1n) is 15.8. The van der Waals surface area contributed by atoms with E-state index in [0.717, 1.165) is 25.0 Å². The van der Waals surface area contributed by atoms with Gasteiger partial charge in [0.25, 0.3) is 0 Å². The number of aromatic nitrogens is 3. The molecule has 15 heteroatoms. The van der Waals surface area contributed by atoms with Crippen molar-refractivity contribution in [1.29, 1.82) is 0 Å². The second-order valence-electron chi connectivity index (χ2n) is 12.4. The normalized spacial score (nSPS) is 20.8. The first-order chi connectivity index (χ1) is 22.7. The van der Waals surface area contributed by atoms with E-state index in [0.29, 0.717) is 37.4 Å². The van der Waals surface area contributed by atoms with E-state index in [1.807, 2.05) is 25.7 Å². The molecule has 0 spiro atoms. The Morgan fingerprint density at radius 3 is 1.81 bits per heavy atom. The van der Waals surface area contributed by atoms with Gasteiger partial charge < -0.3 is 40.6 Å². The third-order valence-electron chi connectivity index (χ3n) is 9.07. The lowest BCUT2D eigenvalue weighted by molar-refractivity contribution is 0.0684. The highest BCUT2D eigenvalue weighted by Gasteiger charge is 2.31. The summed E-state index contributed by atoms with van der Waals surface area (Å²) in [7, 11) is 0. The van der Waals surface area contributed by atoms with Crippen molar-refractivity contribution in [3.05, 3.63) is 73.8 Å². The van der Waals surface area contributed by atoms with Gasteiger partial charge in [0.2, 0.25) is 10.9 Å². The number of carboxylic acids is 2. The molecule has 4 atom stereocenters. The number of carboxylic acid groups (broad SMARTS) is 2. The van der Waals surface area contributed by atoms with Crippen LogP contribution in [-0.2, 0) is 13.1 Å². The fourth-order valence-corrected chi connectivity index (χ4v) is 6.68. The fraction of sp³-hybridized carbons (Fsp3) is 0.424. The molecule has 0 aliphatic carbocycles. The van der Waals surface area contributed by atoms with E-state index >= 15 is 0 Å². The number of hydrogen-bond acceptors (Lipinski definition) is 9. The number of nitrogens with two attached hydrogens (primary N) is 2. The van der Waals surface area contributed by atoms with Crippen LogP contribution in [0.4, 0.5) is 20.3 Å². The number of benzene rings is 1. The third-order valence-corrected chi connectivity index (χ3v) is 9.07. The molecule has 4 unspecified atom stereocenters. The third kappa shape index (κ3) is 6.22. The summed E-state index contributed by atoms with van der Waals surface area (Å²) >= 11 is 0. The minimum atomic E-state index is -1.34. The number of aromatic carboxylic acids is 2. The Kier molecular flexibility index (Phi) is 9.55. The van der Waals surface area contributed by atoms with Gasteiger partial charge in [-0.1, -0.05) is 0 Å². The summed E-state index contributed by atoms with van der Waals surface area (Å²) in [6.07, 6.45) is 4.07. The van der Waals surface area contributed by atoms with Crippen molar-refractivity contribution in [3.8, 4) is 0 Å². The molecule has 3 aromatic heterocycles. The number of nitrogens with zero attached hydrogens (tertiary/aromatic N) is 5. The molecule has 5 heterocycles. The summed E-state index contributed by atoms with van der Waals surface area (Å²) in [5.74, 6) is -3.69. The number of carbonyl (C=O) groups is 2. The molecule has 0 saturated carbocycles. The number of halogens is 2. The van der Waals surface area contributed by atoms with Crippen LogP contribution in [-0.4, -0.2) is 73.5 Å². The monoisotopic (exact) mass is 667 g/mol. The SMILES string of the molecule is CCn1cc(C(=O)O)c(=O)c2cc(F)c(N3CC(N)CC3C)cc21.CCn1cc(C(=O)O)c(=O)c2cc(F)c(N3CC(N)CC3C)nc21. The summed E-state index contributed by atoms with van der Waals surface area (Å²) in [4.78, 5) is 55.1. The topological polar surface area (TPSA) is 190 Å². The molecule has 2 aliphatic heterocycles.